The molecule has 1 aromatic heterocycles. The summed E-state index contributed by atoms with van der Waals surface area (Å²) in [6.45, 7) is 7.96. The molecule has 0 radical (unpaired) electrons. The first kappa shape index (κ1) is 15.7. The van der Waals surface area contributed by atoms with Gasteiger partial charge in [0.05, 0.1) is 0 Å². The third kappa shape index (κ3) is 5.04. The molecule has 1 aliphatic rings. The summed E-state index contributed by atoms with van der Waals surface area (Å²) in [6, 6.07) is 0. The van der Waals surface area contributed by atoms with Gasteiger partial charge in [-0.15, -0.1) is 11.3 Å². The van der Waals surface area contributed by atoms with Crippen molar-refractivity contribution < 1.29 is 0 Å². The van der Waals surface area contributed by atoms with Crippen LogP contribution < -0.4 is 5.32 Å². The van der Waals surface area contributed by atoms with Gasteiger partial charge in [-0.25, -0.2) is 4.98 Å². The third-order valence-electron chi connectivity index (χ3n) is 3.79. The van der Waals surface area contributed by atoms with E-state index in [1.807, 2.05) is 6.20 Å². The van der Waals surface area contributed by atoms with E-state index in [9.17, 15) is 0 Å². The van der Waals surface area contributed by atoms with Gasteiger partial charge in [0.1, 0.15) is 0 Å². The third-order valence-corrected chi connectivity index (χ3v) is 4.73. The normalized spacial score (nSPS) is 17.8. The minimum Gasteiger partial charge on any atom is -0.362 e. The van der Waals surface area contributed by atoms with Gasteiger partial charge in [-0.3, -0.25) is 4.90 Å². The summed E-state index contributed by atoms with van der Waals surface area (Å²) in [6.07, 6.45) is 5.85. The van der Waals surface area contributed by atoms with E-state index in [4.69, 9.17) is 0 Å². The zero-order chi connectivity index (χ0) is 14.4. The Balaban J connectivity index is 1.73. The number of nitrogens with zero attached hydrogens (tertiary/aromatic N) is 3. The van der Waals surface area contributed by atoms with Crippen molar-refractivity contribution in [2.24, 2.45) is 5.92 Å². The highest BCUT2D eigenvalue weighted by Gasteiger charge is 2.20. The van der Waals surface area contributed by atoms with E-state index in [1.54, 1.807) is 11.3 Å². The lowest BCUT2D eigenvalue weighted by molar-refractivity contribution is 0.158. The van der Waals surface area contributed by atoms with Crippen molar-refractivity contribution in [2.45, 2.75) is 32.7 Å². The van der Waals surface area contributed by atoms with Crippen molar-refractivity contribution >= 4 is 16.5 Å². The predicted molar refractivity (Wildman–Crippen MR) is 87.4 cm³/mol. The average Bonchev–Trinajstić information content (AvgIpc) is 2.86. The number of anilines is 1. The van der Waals surface area contributed by atoms with Crippen molar-refractivity contribution in [3.63, 3.8) is 0 Å². The molecule has 1 aromatic rings. The second-order valence-electron chi connectivity index (χ2n) is 6.04. The number of piperidine rings is 1. The molecule has 0 amide bonds. The predicted octanol–water partition coefficient (Wildman–Crippen LogP) is 2.74. The molecule has 4 nitrogen and oxygen atoms in total. The zero-order valence-corrected chi connectivity index (χ0v) is 13.9. The molecule has 0 aromatic carbocycles. The molecule has 1 fully saturated rings. The Morgan fingerprint density at radius 1 is 1.40 bits per heavy atom. The summed E-state index contributed by atoms with van der Waals surface area (Å²) in [5.74, 6) is 0.879. The lowest BCUT2D eigenvalue weighted by Crippen LogP contribution is -2.36. The van der Waals surface area contributed by atoms with E-state index >= 15 is 0 Å². The number of likely N-dealkylation sites (tertiary alicyclic amines) is 1. The molecule has 0 bridgehead atoms. The highest BCUT2D eigenvalue weighted by molar-refractivity contribution is 7.15. The molecule has 5 heteroatoms. The molecule has 0 atom stereocenters. The maximum atomic E-state index is 4.45. The molecule has 20 heavy (non-hydrogen) atoms. The van der Waals surface area contributed by atoms with E-state index in [1.165, 1.54) is 37.4 Å². The number of rotatable bonds is 7. The number of hydrogen-bond donors (Lipinski definition) is 1. The average molecular weight is 296 g/mol. The lowest BCUT2D eigenvalue weighted by atomic mass is 9.96. The Morgan fingerprint density at radius 2 is 2.15 bits per heavy atom. The maximum Gasteiger partial charge on any atom is 0.182 e. The van der Waals surface area contributed by atoms with Crippen LogP contribution in [0.2, 0.25) is 0 Å². The SMILES string of the molecule is CCCNc1ncc(CN2CCC(CN(C)C)CC2)s1. The first-order valence-corrected chi connectivity index (χ1v) is 8.54. The Labute approximate surface area is 127 Å². The van der Waals surface area contributed by atoms with Crippen LogP contribution in [0.4, 0.5) is 5.13 Å². The van der Waals surface area contributed by atoms with Crippen LogP contribution >= 0.6 is 11.3 Å². The summed E-state index contributed by atoms with van der Waals surface area (Å²) in [4.78, 5) is 10.7. The molecule has 0 spiro atoms. The minimum atomic E-state index is 0.879. The number of aromatic nitrogens is 1. The highest BCUT2D eigenvalue weighted by atomic mass is 32.1. The summed E-state index contributed by atoms with van der Waals surface area (Å²) < 4.78 is 0. The molecular formula is C15H28N4S. The van der Waals surface area contributed by atoms with Crippen molar-refractivity contribution in [1.82, 2.24) is 14.8 Å². The molecule has 0 saturated carbocycles. The first-order chi connectivity index (χ1) is 9.67. The van der Waals surface area contributed by atoms with E-state index in [0.29, 0.717) is 0 Å². The largest absolute Gasteiger partial charge is 0.362 e. The molecule has 2 rings (SSSR count). The Hall–Kier alpha value is -0.650. The molecule has 1 saturated heterocycles. The summed E-state index contributed by atoms with van der Waals surface area (Å²) in [5, 5.41) is 4.44. The summed E-state index contributed by atoms with van der Waals surface area (Å²) in [5.41, 5.74) is 0. The Kier molecular flexibility index (Phi) is 6.26. The molecule has 114 valence electrons. The van der Waals surface area contributed by atoms with Gasteiger partial charge in [0, 0.05) is 30.7 Å². The molecule has 0 aliphatic carbocycles. The number of nitrogens with one attached hydrogen (secondary N) is 1. The minimum absolute atomic E-state index is 0.879. The van der Waals surface area contributed by atoms with Crippen molar-refractivity contribution in [3.05, 3.63) is 11.1 Å². The molecule has 1 aliphatic heterocycles. The summed E-state index contributed by atoms with van der Waals surface area (Å²) in [7, 11) is 4.35. The molecular weight excluding hydrogens is 268 g/mol. The van der Waals surface area contributed by atoms with E-state index in [2.05, 4.69) is 41.1 Å². The first-order valence-electron chi connectivity index (χ1n) is 7.73. The smallest absolute Gasteiger partial charge is 0.182 e. The van der Waals surface area contributed by atoms with Gasteiger partial charge in [-0.1, -0.05) is 6.92 Å². The number of hydrogen-bond acceptors (Lipinski definition) is 5. The van der Waals surface area contributed by atoms with Gasteiger partial charge < -0.3 is 10.2 Å². The second kappa shape index (κ2) is 7.96. The van der Waals surface area contributed by atoms with Gasteiger partial charge >= 0.3 is 0 Å². The van der Waals surface area contributed by atoms with Gasteiger partial charge in [-0.2, -0.15) is 0 Å². The monoisotopic (exact) mass is 296 g/mol. The van der Waals surface area contributed by atoms with E-state index in [-0.39, 0.29) is 0 Å². The number of thiazole rings is 1. The van der Waals surface area contributed by atoms with Crippen LogP contribution in [0.5, 0.6) is 0 Å². The topological polar surface area (TPSA) is 31.4 Å². The Bertz CT molecular complexity index is 383. The fraction of sp³-hybridized carbons (Fsp3) is 0.800. The molecule has 0 unspecified atom stereocenters. The quantitative estimate of drug-likeness (QED) is 0.838. The van der Waals surface area contributed by atoms with Crippen LogP contribution in [0.25, 0.3) is 0 Å². The van der Waals surface area contributed by atoms with Crippen LogP contribution in [0.3, 0.4) is 0 Å². The molecule has 2 heterocycles. The van der Waals surface area contributed by atoms with E-state index in [0.717, 1.165) is 30.6 Å². The lowest BCUT2D eigenvalue weighted by Gasteiger charge is -2.32. The fourth-order valence-corrected chi connectivity index (χ4v) is 3.64. The molecule has 1 N–H and O–H groups in total. The Morgan fingerprint density at radius 3 is 2.80 bits per heavy atom. The van der Waals surface area contributed by atoms with Gasteiger partial charge in [0.2, 0.25) is 0 Å². The van der Waals surface area contributed by atoms with Gasteiger partial charge in [0.15, 0.2) is 5.13 Å². The van der Waals surface area contributed by atoms with Crippen molar-refractivity contribution in [3.8, 4) is 0 Å². The standard InChI is InChI=1S/C15H28N4S/c1-4-7-16-15-17-10-14(20-15)12-19-8-5-13(6-9-19)11-18(2)3/h10,13H,4-9,11-12H2,1-3H3,(H,16,17). The van der Waals surface area contributed by atoms with Gasteiger partial charge in [-0.05, 0) is 52.4 Å². The zero-order valence-electron chi connectivity index (χ0n) is 13.1. The second-order valence-corrected chi connectivity index (χ2v) is 7.16. The van der Waals surface area contributed by atoms with Crippen LogP contribution in [0, 0.1) is 5.92 Å². The maximum absolute atomic E-state index is 4.45. The van der Waals surface area contributed by atoms with E-state index < -0.39 is 0 Å². The van der Waals surface area contributed by atoms with Crippen molar-refractivity contribution in [1.29, 1.82) is 0 Å². The van der Waals surface area contributed by atoms with Crippen LogP contribution in [-0.2, 0) is 6.54 Å². The fourth-order valence-electron chi connectivity index (χ4n) is 2.76. The van der Waals surface area contributed by atoms with Crippen LogP contribution in [-0.4, -0.2) is 55.1 Å². The highest BCUT2D eigenvalue weighted by Crippen LogP contribution is 2.23. The van der Waals surface area contributed by atoms with Crippen molar-refractivity contribution in [2.75, 3.05) is 45.6 Å². The van der Waals surface area contributed by atoms with Crippen LogP contribution in [0.1, 0.15) is 31.1 Å². The van der Waals surface area contributed by atoms with Gasteiger partial charge in [0.25, 0.3) is 0 Å². The van der Waals surface area contributed by atoms with Crippen LogP contribution in [0.15, 0.2) is 6.20 Å². The summed E-state index contributed by atoms with van der Waals surface area (Å²) >= 11 is 1.81.